The molecule has 0 aliphatic rings. The van der Waals surface area contributed by atoms with Crippen LogP contribution in [0.15, 0.2) is 12.1 Å². The lowest BCUT2D eigenvalue weighted by atomic mass is 10.3. The molecule has 0 bridgehead atoms. The number of hydrogen-bond donors (Lipinski definition) is 1. The first-order valence-corrected chi connectivity index (χ1v) is 7.02. The van der Waals surface area contributed by atoms with E-state index in [2.05, 4.69) is 9.97 Å². The van der Waals surface area contributed by atoms with Crippen molar-refractivity contribution in [2.24, 2.45) is 0 Å². The summed E-state index contributed by atoms with van der Waals surface area (Å²) >= 11 is 0. The molecule has 2 atom stereocenters. The van der Waals surface area contributed by atoms with Crippen LogP contribution in [0.5, 0.6) is 0 Å². The van der Waals surface area contributed by atoms with Crippen molar-refractivity contribution in [2.45, 2.75) is 25.6 Å². The van der Waals surface area contributed by atoms with Crippen molar-refractivity contribution < 1.29 is 4.21 Å². The van der Waals surface area contributed by atoms with E-state index in [4.69, 9.17) is 5.73 Å². The first-order valence-electron chi connectivity index (χ1n) is 5.40. The molecule has 2 unspecified atom stereocenters. The van der Waals surface area contributed by atoms with Gasteiger partial charge in [0.1, 0.15) is 5.52 Å². The molecule has 2 heterocycles. The fourth-order valence-electron chi connectivity index (χ4n) is 1.66. The second kappa shape index (κ2) is 4.44. The van der Waals surface area contributed by atoms with Crippen LogP contribution >= 0.6 is 0 Å². The topological polar surface area (TPSA) is 73.8 Å². The minimum absolute atomic E-state index is 0.0250. The number of fused-ring (bicyclic) bond motifs is 1. The molecule has 0 spiro atoms. The number of aryl methyl sites for hydroxylation is 1. The van der Waals surface area contributed by atoms with Crippen molar-refractivity contribution in [1.29, 1.82) is 0 Å². The minimum atomic E-state index is -0.883. The van der Waals surface area contributed by atoms with Gasteiger partial charge in [-0.2, -0.15) is 0 Å². The molecule has 0 fully saturated rings. The third-order valence-corrected chi connectivity index (χ3v) is 4.05. The average Bonchev–Trinajstić information content (AvgIpc) is 2.55. The summed E-state index contributed by atoms with van der Waals surface area (Å²) in [6.07, 6.45) is 1.69. The van der Waals surface area contributed by atoms with Gasteiger partial charge in [-0.1, -0.05) is 0 Å². The van der Waals surface area contributed by atoms with Crippen molar-refractivity contribution in [1.82, 2.24) is 14.5 Å². The number of pyridine rings is 1. The molecule has 0 amide bonds. The Labute approximate surface area is 103 Å². The molecule has 92 valence electrons. The summed E-state index contributed by atoms with van der Waals surface area (Å²) in [6, 6.07) is 3.80. The molecular formula is C11H16N4OS. The Bertz CT molecular complexity index is 578. The molecule has 6 heteroatoms. The Balaban J connectivity index is 2.48. The second-order valence-electron chi connectivity index (χ2n) is 4.19. The van der Waals surface area contributed by atoms with Gasteiger partial charge in [-0.25, -0.2) is 9.97 Å². The van der Waals surface area contributed by atoms with Crippen LogP contribution in [0.25, 0.3) is 11.2 Å². The van der Waals surface area contributed by atoms with Crippen molar-refractivity contribution in [3.05, 3.63) is 17.8 Å². The van der Waals surface area contributed by atoms with Crippen LogP contribution < -0.4 is 5.73 Å². The summed E-state index contributed by atoms with van der Waals surface area (Å²) in [5, 5.41) is 0.0250. The van der Waals surface area contributed by atoms with E-state index in [9.17, 15) is 4.21 Å². The summed E-state index contributed by atoms with van der Waals surface area (Å²) in [7, 11) is -0.883. The summed E-state index contributed by atoms with van der Waals surface area (Å²) in [4.78, 5) is 8.68. The van der Waals surface area contributed by atoms with E-state index in [1.54, 1.807) is 6.26 Å². The SMILES string of the molecule is Cc1ccc2nc(N)n(CC(C)S(C)=O)c2n1. The largest absolute Gasteiger partial charge is 0.369 e. The Kier molecular flexibility index (Phi) is 3.15. The van der Waals surface area contributed by atoms with Crippen molar-refractivity contribution in [2.75, 3.05) is 12.0 Å². The highest BCUT2D eigenvalue weighted by Gasteiger charge is 2.14. The number of anilines is 1. The van der Waals surface area contributed by atoms with Crippen LogP contribution in [0.1, 0.15) is 12.6 Å². The van der Waals surface area contributed by atoms with Gasteiger partial charge in [0.25, 0.3) is 0 Å². The monoisotopic (exact) mass is 252 g/mol. The van der Waals surface area contributed by atoms with Gasteiger partial charge < -0.3 is 5.73 Å². The van der Waals surface area contributed by atoms with E-state index in [0.717, 1.165) is 16.9 Å². The molecule has 0 aliphatic carbocycles. The van der Waals surface area contributed by atoms with E-state index in [1.165, 1.54) is 0 Å². The molecule has 0 aromatic carbocycles. The Morgan fingerprint density at radius 2 is 2.18 bits per heavy atom. The molecule has 5 nitrogen and oxygen atoms in total. The number of rotatable bonds is 3. The maximum Gasteiger partial charge on any atom is 0.202 e. The molecule has 0 saturated heterocycles. The fraction of sp³-hybridized carbons (Fsp3) is 0.455. The standard InChI is InChI=1S/C11H16N4OS/c1-7-4-5-9-10(13-7)15(11(12)14-9)6-8(2)17(3)16/h4-5,8H,6H2,1-3H3,(H2,12,14). The number of aromatic nitrogens is 3. The zero-order chi connectivity index (χ0) is 12.6. The molecule has 0 aliphatic heterocycles. The number of nitrogen functional groups attached to an aromatic ring is 1. The Hall–Kier alpha value is -1.43. The van der Waals surface area contributed by atoms with Crippen LogP contribution in [-0.2, 0) is 17.3 Å². The molecule has 2 aromatic heterocycles. The molecule has 2 N–H and O–H groups in total. The quantitative estimate of drug-likeness (QED) is 0.887. The van der Waals surface area contributed by atoms with E-state index in [0.29, 0.717) is 12.5 Å². The van der Waals surface area contributed by atoms with E-state index >= 15 is 0 Å². The van der Waals surface area contributed by atoms with Gasteiger partial charge in [-0.15, -0.1) is 0 Å². The van der Waals surface area contributed by atoms with Crippen LogP contribution in [0.3, 0.4) is 0 Å². The second-order valence-corrected chi connectivity index (χ2v) is 5.99. The van der Waals surface area contributed by atoms with Crippen LogP contribution in [0.2, 0.25) is 0 Å². The zero-order valence-corrected chi connectivity index (χ0v) is 11.0. The summed E-state index contributed by atoms with van der Waals surface area (Å²) in [6.45, 7) is 4.42. The number of nitrogens with two attached hydrogens (primary N) is 1. The van der Waals surface area contributed by atoms with E-state index < -0.39 is 10.8 Å². The third kappa shape index (κ3) is 2.31. The lowest BCUT2D eigenvalue weighted by Crippen LogP contribution is -2.19. The highest BCUT2D eigenvalue weighted by molar-refractivity contribution is 7.84. The Morgan fingerprint density at radius 1 is 1.47 bits per heavy atom. The van der Waals surface area contributed by atoms with Gasteiger partial charge in [-0.3, -0.25) is 8.78 Å². The van der Waals surface area contributed by atoms with Crippen molar-refractivity contribution in [3.63, 3.8) is 0 Å². The lowest BCUT2D eigenvalue weighted by molar-refractivity contribution is 0.651. The molecule has 0 radical (unpaired) electrons. The predicted molar refractivity (Wildman–Crippen MR) is 70.2 cm³/mol. The molecule has 17 heavy (non-hydrogen) atoms. The average molecular weight is 252 g/mol. The van der Waals surface area contributed by atoms with Crippen LogP contribution in [-0.4, -0.2) is 30.2 Å². The lowest BCUT2D eigenvalue weighted by Gasteiger charge is -2.11. The van der Waals surface area contributed by atoms with Gasteiger partial charge in [0.05, 0.1) is 0 Å². The van der Waals surface area contributed by atoms with Crippen molar-refractivity contribution >= 4 is 27.9 Å². The Morgan fingerprint density at radius 3 is 2.82 bits per heavy atom. The predicted octanol–water partition coefficient (Wildman–Crippen LogP) is 1.09. The third-order valence-electron chi connectivity index (χ3n) is 2.77. The van der Waals surface area contributed by atoms with Gasteiger partial charge in [-0.05, 0) is 26.0 Å². The van der Waals surface area contributed by atoms with Crippen molar-refractivity contribution in [3.8, 4) is 0 Å². The van der Waals surface area contributed by atoms with E-state index in [1.807, 2.05) is 30.5 Å². The highest BCUT2D eigenvalue weighted by Crippen LogP contribution is 2.17. The zero-order valence-electron chi connectivity index (χ0n) is 10.2. The number of hydrogen-bond acceptors (Lipinski definition) is 4. The summed E-state index contributed by atoms with van der Waals surface area (Å²) < 4.78 is 13.2. The number of imidazole rings is 1. The normalized spacial score (nSPS) is 15.0. The molecule has 2 aromatic rings. The minimum Gasteiger partial charge on any atom is -0.369 e. The van der Waals surface area contributed by atoms with Gasteiger partial charge in [0.2, 0.25) is 5.95 Å². The van der Waals surface area contributed by atoms with Gasteiger partial charge in [0.15, 0.2) is 5.65 Å². The van der Waals surface area contributed by atoms with Crippen LogP contribution in [0, 0.1) is 6.92 Å². The maximum atomic E-state index is 11.4. The summed E-state index contributed by atoms with van der Waals surface area (Å²) in [5.41, 5.74) is 8.33. The first-order chi connectivity index (χ1) is 7.99. The van der Waals surface area contributed by atoms with Crippen LogP contribution in [0.4, 0.5) is 5.95 Å². The first kappa shape index (κ1) is 12.0. The van der Waals surface area contributed by atoms with Gasteiger partial charge >= 0.3 is 0 Å². The number of nitrogens with zero attached hydrogens (tertiary/aromatic N) is 3. The van der Waals surface area contributed by atoms with E-state index in [-0.39, 0.29) is 5.25 Å². The summed E-state index contributed by atoms with van der Waals surface area (Å²) in [5.74, 6) is 0.426. The smallest absolute Gasteiger partial charge is 0.202 e. The van der Waals surface area contributed by atoms with Gasteiger partial charge in [0, 0.05) is 34.5 Å². The molecule has 0 saturated carbocycles. The maximum absolute atomic E-state index is 11.4. The molecular weight excluding hydrogens is 236 g/mol. The fourth-order valence-corrected chi connectivity index (χ4v) is 2.01. The highest BCUT2D eigenvalue weighted by atomic mass is 32.2. The molecule has 2 rings (SSSR count).